The molecule has 1 atom stereocenters. The fraction of sp³-hybridized carbons (Fsp3) is 1.00. The number of methoxy groups -OCH3 is 1. The maximum Gasteiger partial charge on any atom is 0.0499 e. The van der Waals surface area contributed by atoms with E-state index in [1.165, 1.54) is 38.9 Å². The SMILES string of the molecule is COCC(C)CNCCCN1CCCC1. The highest BCUT2D eigenvalue weighted by Gasteiger charge is 2.09. The van der Waals surface area contributed by atoms with Crippen LogP contribution in [0.4, 0.5) is 0 Å². The molecule has 0 bridgehead atoms. The third-order valence-corrected chi connectivity index (χ3v) is 2.97. The lowest BCUT2D eigenvalue weighted by atomic mass is 10.2. The molecule has 0 saturated carbocycles. The molecule has 3 heteroatoms. The molecule has 0 aromatic heterocycles. The van der Waals surface area contributed by atoms with E-state index in [1.54, 1.807) is 7.11 Å². The second-order valence-corrected chi connectivity index (χ2v) is 4.67. The van der Waals surface area contributed by atoms with Crippen molar-refractivity contribution in [3.05, 3.63) is 0 Å². The summed E-state index contributed by atoms with van der Waals surface area (Å²) in [6.45, 7) is 9.21. The van der Waals surface area contributed by atoms with Gasteiger partial charge >= 0.3 is 0 Å². The molecule has 3 nitrogen and oxygen atoms in total. The van der Waals surface area contributed by atoms with Gasteiger partial charge in [-0.2, -0.15) is 0 Å². The lowest BCUT2D eigenvalue weighted by Crippen LogP contribution is -2.28. The number of ether oxygens (including phenoxy) is 1. The van der Waals surface area contributed by atoms with Gasteiger partial charge in [0.05, 0.1) is 0 Å². The predicted molar refractivity (Wildman–Crippen MR) is 64.2 cm³/mol. The smallest absolute Gasteiger partial charge is 0.0499 e. The quantitative estimate of drug-likeness (QED) is 0.617. The average Bonchev–Trinajstić information content (AvgIpc) is 2.70. The van der Waals surface area contributed by atoms with Gasteiger partial charge in [-0.25, -0.2) is 0 Å². The molecule has 0 aromatic rings. The second-order valence-electron chi connectivity index (χ2n) is 4.67. The minimum Gasteiger partial charge on any atom is -0.384 e. The molecule has 0 spiro atoms. The van der Waals surface area contributed by atoms with Crippen LogP contribution in [0, 0.1) is 5.92 Å². The summed E-state index contributed by atoms with van der Waals surface area (Å²) in [5, 5.41) is 3.49. The highest BCUT2D eigenvalue weighted by atomic mass is 16.5. The number of rotatable bonds is 8. The van der Waals surface area contributed by atoms with Crippen molar-refractivity contribution in [2.45, 2.75) is 26.2 Å². The Morgan fingerprint density at radius 2 is 2.07 bits per heavy atom. The monoisotopic (exact) mass is 214 g/mol. The zero-order valence-corrected chi connectivity index (χ0v) is 10.3. The lowest BCUT2D eigenvalue weighted by molar-refractivity contribution is 0.158. The first-order valence-electron chi connectivity index (χ1n) is 6.25. The van der Waals surface area contributed by atoms with E-state index in [-0.39, 0.29) is 0 Å². The van der Waals surface area contributed by atoms with Gasteiger partial charge in [0.1, 0.15) is 0 Å². The molecule has 1 fully saturated rings. The molecule has 0 aromatic carbocycles. The van der Waals surface area contributed by atoms with Gasteiger partial charge in [-0.3, -0.25) is 0 Å². The van der Waals surface area contributed by atoms with Crippen molar-refractivity contribution < 1.29 is 4.74 Å². The maximum absolute atomic E-state index is 5.09. The average molecular weight is 214 g/mol. The second kappa shape index (κ2) is 8.08. The van der Waals surface area contributed by atoms with Gasteiger partial charge in [-0.15, -0.1) is 0 Å². The van der Waals surface area contributed by atoms with Crippen LogP contribution >= 0.6 is 0 Å². The molecule has 0 aliphatic carbocycles. The first kappa shape index (κ1) is 12.9. The molecular weight excluding hydrogens is 188 g/mol. The van der Waals surface area contributed by atoms with Gasteiger partial charge in [0, 0.05) is 13.7 Å². The first-order valence-corrected chi connectivity index (χ1v) is 6.25. The molecule has 1 heterocycles. The molecule has 90 valence electrons. The Labute approximate surface area is 94.2 Å². The highest BCUT2D eigenvalue weighted by molar-refractivity contribution is 4.66. The summed E-state index contributed by atoms with van der Waals surface area (Å²) < 4.78 is 5.09. The normalized spacial score (nSPS) is 19.6. The Hall–Kier alpha value is -0.120. The van der Waals surface area contributed by atoms with E-state index in [2.05, 4.69) is 17.1 Å². The topological polar surface area (TPSA) is 24.5 Å². The summed E-state index contributed by atoms with van der Waals surface area (Å²) in [5.74, 6) is 0.627. The first-order chi connectivity index (χ1) is 7.33. The van der Waals surface area contributed by atoms with Crippen molar-refractivity contribution in [2.75, 3.05) is 46.4 Å². The molecule has 15 heavy (non-hydrogen) atoms. The summed E-state index contributed by atoms with van der Waals surface area (Å²) >= 11 is 0. The molecule has 1 saturated heterocycles. The predicted octanol–water partition coefficient (Wildman–Crippen LogP) is 1.34. The fourth-order valence-corrected chi connectivity index (χ4v) is 2.13. The van der Waals surface area contributed by atoms with E-state index in [0.29, 0.717) is 5.92 Å². The van der Waals surface area contributed by atoms with Gasteiger partial charge in [0.25, 0.3) is 0 Å². The molecule has 0 amide bonds. The highest BCUT2D eigenvalue weighted by Crippen LogP contribution is 2.06. The van der Waals surface area contributed by atoms with Crippen LogP contribution in [0.5, 0.6) is 0 Å². The Bertz CT molecular complexity index is 147. The van der Waals surface area contributed by atoms with Crippen LogP contribution in [0.15, 0.2) is 0 Å². The van der Waals surface area contributed by atoms with Crippen LogP contribution in [-0.2, 0) is 4.74 Å². The van der Waals surface area contributed by atoms with Crippen LogP contribution in [0.2, 0.25) is 0 Å². The molecule has 1 unspecified atom stereocenters. The van der Waals surface area contributed by atoms with Gasteiger partial charge < -0.3 is 15.0 Å². The molecule has 1 rings (SSSR count). The zero-order chi connectivity index (χ0) is 10.9. The minimum absolute atomic E-state index is 0.627. The largest absolute Gasteiger partial charge is 0.384 e. The lowest BCUT2D eigenvalue weighted by Gasteiger charge is -2.15. The third kappa shape index (κ3) is 6.13. The molecule has 0 radical (unpaired) electrons. The van der Waals surface area contributed by atoms with Crippen LogP contribution in [0.25, 0.3) is 0 Å². The van der Waals surface area contributed by atoms with Crippen LogP contribution < -0.4 is 5.32 Å². The Balaban J connectivity index is 1.84. The molecule has 1 N–H and O–H groups in total. The number of nitrogens with zero attached hydrogens (tertiary/aromatic N) is 1. The summed E-state index contributed by atoms with van der Waals surface area (Å²) in [5.41, 5.74) is 0. The van der Waals surface area contributed by atoms with Crippen molar-refractivity contribution in [1.82, 2.24) is 10.2 Å². The number of nitrogens with one attached hydrogen (secondary N) is 1. The van der Waals surface area contributed by atoms with Crippen molar-refractivity contribution in [3.8, 4) is 0 Å². The van der Waals surface area contributed by atoms with Crippen molar-refractivity contribution in [3.63, 3.8) is 0 Å². The Kier molecular flexibility index (Phi) is 6.98. The maximum atomic E-state index is 5.09. The van der Waals surface area contributed by atoms with Crippen molar-refractivity contribution in [2.24, 2.45) is 5.92 Å². The van der Waals surface area contributed by atoms with Gasteiger partial charge in [-0.1, -0.05) is 6.92 Å². The van der Waals surface area contributed by atoms with Crippen LogP contribution in [0.3, 0.4) is 0 Å². The van der Waals surface area contributed by atoms with Crippen molar-refractivity contribution >= 4 is 0 Å². The summed E-state index contributed by atoms with van der Waals surface area (Å²) in [4.78, 5) is 2.57. The van der Waals surface area contributed by atoms with Crippen molar-refractivity contribution in [1.29, 1.82) is 0 Å². The number of hydrogen-bond acceptors (Lipinski definition) is 3. The fourth-order valence-electron chi connectivity index (χ4n) is 2.13. The molecule has 1 aliphatic rings. The minimum atomic E-state index is 0.627. The zero-order valence-electron chi connectivity index (χ0n) is 10.3. The van der Waals surface area contributed by atoms with E-state index < -0.39 is 0 Å². The van der Waals surface area contributed by atoms with Gasteiger partial charge in [0.15, 0.2) is 0 Å². The van der Waals surface area contributed by atoms with E-state index in [0.717, 1.165) is 19.7 Å². The Morgan fingerprint density at radius 1 is 1.33 bits per heavy atom. The van der Waals surface area contributed by atoms with Crippen LogP contribution in [-0.4, -0.2) is 51.3 Å². The van der Waals surface area contributed by atoms with E-state index in [4.69, 9.17) is 4.74 Å². The van der Waals surface area contributed by atoms with Gasteiger partial charge in [0.2, 0.25) is 0 Å². The summed E-state index contributed by atoms with van der Waals surface area (Å²) in [6.07, 6.45) is 4.08. The Morgan fingerprint density at radius 3 is 2.73 bits per heavy atom. The summed E-state index contributed by atoms with van der Waals surface area (Å²) in [6, 6.07) is 0. The van der Waals surface area contributed by atoms with E-state index in [1.807, 2.05) is 0 Å². The molecular formula is C12H26N2O. The van der Waals surface area contributed by atoms with Crippen LogP contribution in [0.1, 0.15) is 26.2 Å². The third-order valence-electron chi connectivity index (χ3n) is 2.97. The standard InChI is InChI=1S/C12H26N2O/c1-12(11-15-2)10-13-6-5-9-14-7-3-4-8-14/h12-13H,3-11H2,1-2H3. The number of hydrogen-bond donors (Lipinski definition) is 1. The summed E-state index contributed by atoms with van der Waals surface area (Å²) in [7, 11) is 1.77. The van der Waals surface area contributed by atoms with Gasteiger partial charge in [-0.05, 0) is 57.9 Å². The van der Waals surface area contributed by atoms with E-state index in [9.17, 15) is 0 Å². The molecule has 1 aliphatic heterocycles. The number of likely N-dealkylation sites (tertiary alicyclic amines) is 1. The van der Waals surface area contributed by atoms with E-state index >= 15 is 0 Å².